The maximum atomic E-state index is 13.8. The molecule has 7 heteroatoms. The SMILES string of the molecule is CC1=CC(=O)C2=C(C[C@@H]3C(=CC[C@@H]4C(=O)N(CCc5ccc(O)cc5)C(=O)[C@@H]43)[C@@H]2c2ccc(O)cc2)C1=O. The van der Waals surface area contributed by atoms with Crippen LogP contribution in [-0.2, 0) is 25.6 Å². The Hall–Kier alpha value is -4.26. The molecule has 0 bridgehead atoms. The lowest BCUT2D eigenvalue weighted by Gasteiger charge is -2.42. The molecule has 0 aromatic heterocycles. The van der Waals surface area contributed by atoms with Crippen LogP contribution in [0.4, 0.5) is 0 Å². The number of imide groups is 1. The first kappa shape index (κ1) is 24.1. The van der Waals surface area contributed by atoms with Crippen LogP contribution in [0.25, 0.3) is 0 Å². The Labute approximate surface area is 219 Å². The number of hydrogen-bond donors (Lipinski definition) is 2. The zero-order valence-electron chi connectivity index (χ0n) is 20.9. The lowest BCUT2D eigenvalue weighted by Crippen LogP contribution is -2.40. The number of carbonyl (C=O) groups is 4. The standard InChI is InChI=1S/C31H27NO6/c1-16-14-25(35)28-24(29(16)36)15-23-21(26(28)18-4-8-20(34)9-5-18)10-11-22-27(23)31(38)32(30(22)37)13-12-17-2-6-19(33)7-3-17/h2-10,14,22-23,26-27,33-34H,11-13,15H2,1H3/t22-,23+,26-,27-/m0/s1. The monoisotopic (exact) mass is 509 g/mol. The number of phenols is 2. The Morgan fingerprint density at radius 2 is 1.53 bits per heavy atom. The van der Waals surface area contributed by atoms with Gasteiger partial charge in [-0.1, -0.05) is 35.9 Å². The average molecular weight is 510 g/mol. The predicted octanol–water partition coefficient (Wildman–Crippen LogP) is 3.77. The van der Waals surface area contributed by atoms with E-state index in [0.29, 0.717) is 29.6 Å². The summed E-state index contributed by atoms with van der Waals surface area (Å²) >= 11 is 0. The number of hydrogen-bond acceptors (Lipinski definition) is 6. The van der Waals surface area contributed by atoms with Crippen molar-refractivity contribution in [2.75, 3.05) is 6.54 Å². The second-order valence-electron chi connectivity index (χ2n) is 10.6. The number of fused-ring (bicyclic) bond motifs is 3. The second kappa shape index (κ2) is 8.94. The molecular formula is C31H27NO6. The molecule has 2 N–H and O–H groups in total. The summed E-state index contributed by atoms with van der Waals surface area (Å²) in [6.07, 6.45) is 4.49. The molecule has 4 atom stereocenters. The van der Waals surface area contributed by atoms with E-state index in [4.69, 9.17) is 0 Å². The van der Waals surface area contributed by atoms with Crippen LogP contribution in [0.15, 0.2) is 83.0 Å². The normalized spacial score (nSPS) is 26.6. The molecule has 7 nitrogen and oxygen atoms in total. The highest BCUT2D eigenvalue weighted by atomic mass is 16.3. The van der Waals surface area contributed by atoms with E-state index in [0.717, 1.165) is 16.7 Å². The third kappa shape index (κ3) is 3.72. The average Bonchev–Trinajstić information content (AvgIpc) is 3.15. The van der Waals surface area contributed by atoms with E-state index in [2.05, 4.69) is 0 Å². The summed E-state index contributed by atoms with van der Waals surface area (Å²) in [4.78, 5) is 55.0. The van der Waals surface area contributed by atoms with Gasteiger partial charge in [-0.3, -0.25) is 24.1 Å². The molecule has 1 heterocycles. The van der Waals surface area contributed by atoms with E-state index in [1.54, 1.807) is 55.5 Å². The molecule has 6 rings (SSSR count). The minimum atomic E-state index is -0.593. The Kier molecular flexibility index (Phi) is 5.67. The highest BCUT2D eigenvalue weighted by Gasteiger charge is 2.56. The molecule has 4 aliphatic rings. The van der Waals surface area contributed by atoms with Gasteiger partial charge in [-0.25, -0.2) is 0 Å². The number of phenolic OH excluding ortho intramolecular Hbond substituents is 2. The number of amides is 2. The van der Waals surface area contributed by atoms with Crippen LogP contribution in [0.1, 0.15) is 36.8 Å². The zero-order chi connectivity index (χ0) is 26.7. The van der Waals surface area contributed by atoms with Gasteiger partial charge in [0, 0.05) is 29.2 Å². The van der Waals surface area contributed by atoms with E-state index < -0.39 is 17.8 Å². The first-order valence-corrected chi connectivity index (χ1v) is 12.9. The van der Waals surface area contributed by atoms with Crippen LogP contribution in [0.3, 0.4) is 0 Å². The summed E-state index contributed by atoms with van der Waals surface area (Å²) in [5, 5.41) is 19.4. The van der Waals surface area contributed by atoms with Crippen molar-refractivity contribution in [2.24, 2.45) is 17.8 Å². The molecule has 0 spiro atoms. The number of aromatic hydroxyl groups is 2. The van der Waals surface area contributed by atoms with Gasteiger partial charge in [-0.15, -0.1) is 0 Å². The van der Waals surface area contributed by atoms with Crippen molar-refractivity contribution in [2.45, 2.75) is 32.1 Å². The van der Waals surface area contributed by atoms with Crippen molar-refractivity contribution in [3.05, 3.63) is 94.1 Å². The van der Waals surface area contributed by atoms with E-state index in [1.807, 2.05) is 6.08 Å². The van der Waals surface area contributed by atoms with Crippen LogP contribution in [0.2, 0.25) is 0 Å². The molecule has 0 saturated carbocycles. The topological polar surface area (TPSA) is 112 Å². The Morgan fingerprint density at radius 1 is 0.868 bits per heavy atom. The highest BCUT2D eigenvalue weighted by Crippen LogP contribution is 2.55. The maximum absolute atomic E-state index is 13.8. The van der Waals surface area contributed by atoms with Crippen molar-refractivity contribution >= 4 is 23.4 Å². The molecule has 38 heavy (non-hydrogen) atoms. The number of nitrogens with zero attached hydrogens (tertiary/aromatic N) is 1. The van der Waals surface area contributed by atoms with Gasteiger partial charge >= 0.3 is 0 Å². The number of carbonyl (C=O) groups excluding carboxylic acids is 4. The molecule has 1 fully saturated rings. The minimum Gasteiger partial charge on any atom is -0.508 e. The van der Waals surface area contributed by atoms with Gasteiger partial charge in [-0.05, 0) is 73.6 Å². The van der Waals surface area contributed by atoms with Crippen LogP contribution in [-0.4, -0.2) is 45.0 Å². The first-order valence-electron chi connectivity index (χ1n) is 12.9. The number of likely N-dealkylation sites (tertiary alicyclic amines) is 1. The third-order valence-corrected chi connectivity index (χ3v) is 8.44. The molecule has 0 radical (unpaired) electrons. The number of allylic oxidation sites excluding steroid dienone is 6. The van der Waals surface area contributed by atoms with Gasteiger partial charge in [-0.2, -0.15) is 0 Å². The molecule has 1 aliphatic heterocycles. The fraction of sp³-hybridized carbons (Fsp3) is 0.290. The summed E-state index contributed by atoms with van der Waals surface area (Å²) in [6, 6.07) is 13.3. The van der Waals surface area contributed by atoms with Crippen molar-refractivity contribution in [3.8, 4) is 11.5 Å². The molecule has 2 aromatic carbocycles. The van der Waals surface area contributed by atoms with E-state index >= 15 is 0 Å². The summed E-state index contributed by atoms with van der Waals surface area (Å²) in [7, 11) is 0. The Balaban J connectivity index is 1.37. The molecular weight excluding hydrogens is 482 g/mol. The zero-order valence-corrected chi connectivity index (χ0v) is 20.9. The van der Waals surface area contributed by atoms with Gasteiger partial charge < -0.3 is 10.2 Å². The molecule has 0 unspecified atom stereocenters. The molecule has 192 valence electrons. The van der Waals surface area contributed by atoms with E-state index in [1.165, 1.54) is 11.0 Å². The fourth-order valence-corrected chi connectivity index (χ4v) is 6.62. The third-order valence-electron chi connectivity index (χ3n) is 8.44. The predicted molar refractivity (Wildman–Crippen MR) is 138 cm³/mol. The molecule has 2 amide bonds. The summed E-state index contributed by atoms with van der Waals surface area (Å²) in [6.45, 7) is 1.87. The van der Waals surface area contributed by atoms with Gasteiger partial charge in [0.25, 0.3) is 0 Å². The van der Waals surface area contributed by atoms with Gasteiger partial charge in [0.05, 0.1) is 11.8 Å². The summed E-state index contributed by atoms with van der Waals surface area (Å²) < 4.78 is 0. The van der Waals surface area contributed by atoms with Gasteiger partial charge in [0.1, 0.15) is 11.5 Å². The van der Waals surface area contributed by atoms with Crippen molar-refractivity contribution in [1.29, 1.82) is 0 Å². The van der Waals surface area contributed by atoms with Crippen LogP contribution in [0.5, 0.6) is 11.5 Å². The number of ketones is 2. The van der Waals surface area contributed by atoms with Crippen LogP contribution >= 0.6 is 0 Å². The fourth-order valence-electron chi connectivity index (χ4n) is 6.62. The van der Waals surface area contributed by atoms with Gasteiger partial charge in [0.2, 0.25) is 11.8 Å². The number of rotatable bonds is 4. The Bertz CT molecular complexity index is 1480. The smallest absolute Gasteiger partial charge is 0.233 e. The van der Waals surface area contributed by atoms with Gasteiger partial charge in [0.15, 0.2) is 11.6 Å². The number of benzene rings is 2. The largest absolute Gasteiger partial charge is 0.508 e. The van der Waals surface area contributed by atoms with Crippen molar-refractivity contribution in [3.63, 3.8) is 0 Å². The maximum Gasteiger partial charge on any atom is 0.233 e. The lowest BCUT2D eigenvalue weighted by atomic mass is 9.59. The molecule has 3 aliphatic carbocycles. The molecule has 2 aromatic rings. The summed E-state index contributed by atoms with van der Waals surface area (Å²) in [5.41, 5.74) is 3.81. The highest BCUT2D eigenvalue weighted by molar-refractivity contribution is 6.23. The quantitative estimate of drug-likeness (QED) is 0.369. The Morgan fingerprint density at radius 3 is 2.21 bits per heavy atom. The minimum absolute atomic E-state index is 0.0932. The number of Topliss-reactive ketones (excluding diaryl/α,β-unsaturated/α-hetero) is 1. The second-order valence-corrected chi connectivity index (χ2v) is 10.6. The van der Waals surface area contributed by atoms with Crippen molar-refractivity contribution in [1.82, 2.24) is 4.90 Å². The summed E-state index contributed by atoms with van der Waals surface area (Å²) in [5.74, 6) is -2.55. The van der Waals surface area contributed by atoms with Crippen LogP contribution in [0, 0.1) is 17.8 Å². The van der Waals surface area contributed by atoms with E-state index in [9.17, 15) is 29.4 Å². The molecule has 1 saturated heterocycles. The van der Waals surface area contributed by atoms with E-state index in [-0.39, 0.29) is 53.8 Å². The van der Waals surface area contributed by atoms with Crippen molar-refractivity contribution < 1.29 is 29.4 Å². The lowest BCUT2D eigenvalue weighted by molar-refractivity contribution is -0.140. The first-order chi connectivity index (χ1) is 18.2. The van der Waals surface area contributed by atoms with Crippen LogP contribution < -0.4 is 0 Å².